The summed E-state index contributed by atoms with van der Waals surface area (Å²) >= 11 is 0. The molecule has 0 unspecified atom stereocenters. The first-order valence-corrected chi connectivity index (χ1v) is 4.94. The second-order valence-corrected chi connectivity index (χ2v) is 3.93. The minimum Gasteiger partial charge on any atom is -0.453 e. The molecule has 1 heterocycles. The zero-order chi connectivity index (χ0) is 11.2. The van der Waals surface area contributed by atoms with E-state index in [0.29, 0.717) is 11.3 Å². The van der Waals surface area contributed by atoms with E-state index in [4.69, 9.17) is 9.47 Å². The number of benzene rings is 1. The Labute approximate surface area is 90.7 Å². The van der Waals surface area contributed by atoms with E-state index < -0.39 is 11.4 Å². The first-order valence-electron chi connectivity index (χ1n) is 4.94. The third kappa shape index (κ3) is 1.22. The van der Waals surface area contributed by atoms with Crippen LogP contribution in [0.15, 0.2) is 17.1 Å². The van der Waals surface area contributed by atoms with Gasteiger partial charge < -0.3 is 9.47 Å². The molecular weight excluding hydrogens is 213 g/mol. The van der Waals surface area contributed by atoms with Gasteiger partial charge in [0.15, 0.2) is 11.6 Å². The maximum atomic E-state index is 13.6. The molecule has 16 heavy (non-hydrogen) atoms. The van der Waals surface area contributed by atoms with Crippen LogP contribution in [0.25, 0.3) is 0 Å². The molecule has 0 atom stereocenters. The smallest absolute Gasteiger partial charge is 0.235 e. The Morgan fingerprint density at radius 2 is 2.19 bits per heavy atom. The van der Waals surface area contributed by atoms with Crippen LogP contribution < -0.4 is 9.47 Å². The molecule has 0 aromatic heterocycles. The van der Waals surface area contributed by atoms with E-state index in [1.54, 1.807) is 6.07 Å². The molecular formula is C11H8FNO3. The molecule has 1 aliphatic carbocycles. The summed E-state index contributed by atoms with van der Waals surface area (Å²) in [6.45, 7) is 0.0274. The summed E-state index contributed by atoms with van der Waals surface area (Å²) < 4.78 is 23.7. The summed E-state index contributed by atoms with van der Waals surface area (Å²) in [6, 6.07) is 3.03. The fraction of sp³-hybridized carbons (Fsp3) is 0.364. The monoisotopic (exact) mass is 221 g/mol. The number of hydrogen-bond acceptors (Lipinski definition) is 4. The van der Waals surface area contributed by atoms with Gasteiger partial charge in [-0.2, -0.15) is 4.99 Å². The summed E-state index contributed by atoms with van der Waals surface area (Å²) in [7, 11) is 0. The van der Waals surface area contributed by atoms with E-state index in [2.05, 4.69) is 4.99 Å². The quantitative estimate of drug-likeness (QED) is 0.565. The van der Waals surface area contributed by atoms with Gasteiger partial charge in [-0.1, -0.05) is 0 Å². The molecule has 2 aliphatic rings. The molecule has 0 saturated heterocycles. The third-order valence-electron chi connectivity index (χ3n) is 2.95. The van der Waals surface area contributed by atoms with Crippen molar-refractivity contribution >= 4 is 6.08 Å². The van der Waals surface area contributed by atoms with E-state index in [-0.39, 0.29) is 12.5 Å². The molecule has 0 N–H and O–H groups in total. The van der Waals surface area contributed by atoms with Crippen LogP contribution in [0, 0.1) is 5.82 Å². The summed E-state index contributed by atoms with van der Waals surface area (Å²) in [5, 5.41) is 0. The number of fused-ring (bicyclic) bond motifs is 1. The lowest BCUT2D eigenvalue weighted by molar-refractivity contribution is 0.171. The molecule has 82 valence electrons. The van der Waals surface area contributed by atoms with Crippen molar-refractivity contribution in [3.63, 3.8) is 0 Å². The molecule has 3 rings (SSSR count). The van der Waals surface area contributed by atoms with Crippen molar-refractivity contribution < 1.29 is 18.7 Å². The highest BCUT2D eigenvalue weighted by Gasteiger charge is 2.46. The van der Waals surface area contributed by atoms with Crippen molar-refractivity contribution in [2.75, 3.05) is 6.79 Å². The first-order chi connectivity index (χ1) is 7.75. The fourth-order valence-corrected chi connectivity index (χ4v) is 1.91. The first kappa shape index (κ1) is 9.36. The van der Waals surface area contributed by atoms with Crippen molar-refractivity contribution in [3.8, 4) is 11.5 Å². The lowest BCUT2D eigenvalue weighted by atomic mass is 10.0. The molecule has 1 aromatic rings. The standard InChI is InChI=1S/C11H8FNO3/c12-8-3-7(11(1-2-11)13-5-14)4-9-10(8)16-6-15-9/h3-4H,1-2,6H2. The largest absolute Gasteiger partial charge is 0.453 e. The van der Waals surface area contributed by atoms with Crippen LogP contribution in [0.4, 0.5) is 4.39 Å². The van der Waals surface area contributed by atoms with E-state index in [1.165, 1.54) is 12.1 Å². The number of isocyanates is 1. The fourth-order valence-electron chi connectivity index (χ4n) is 1.91. The highest BCUT2D eigenvalue weighted by atomic mass is 19.1. The number of aliphatic imine (C=N–C) groups is 1. The number of rotatable bonds is 2. The molecule has 0 spiro atoms. The van der Waals surface area contributed by atoms with Crippen molar-refractivity contribution in [2.24, 2.45) is 4.99 Å². The number of ether oxygens (including phenoxy) is 2. The lowest BCUT2D eigenvalue weighted by Gasteiger charge is -2.09. The molecule has 0 radical (unpaired) electrons. The minimum atomic E-state index is -0.580. The van der Waals surface area contributed by atoms with Gasteiger partial charge in [0.1, 0.15) is 0 Å². The Hall–Kier alpha value is -1.87. The molecule has 1 fully saturated rings. The minimum absolute atomic E-state index is 0.0274. The van der Waals surface area contributed by atoms with Crippen LogP contribution in [0.5, 0.6) is 11.5 Å². The molecule has 0 bridgehead atoms. The number of carbonyl (C=O) groups excluding carboxylic acids is 1. The van der Waals surface area contributed by atoms with Crippen molar-refractivity contribution in [2.45, 2.75) is 18.4 Å². The average molecular weight is 221 g/mol. The van der Waals surface area contributed by atoms with E-state index >= 15 is 0 Å². The van der Waals surface area contributed by atoms with Crippen molar-refractivity contribution in [1.82, 2.24) is 0 Å². The van der Waals surface area contributed by atoms with E-state index in [9.17, 15) is 9.18 Å². The highest BCUT2D eigenvalue weighted by molar-refractivity contribution is 5.50. The maximum absolute atomic E-state index is 13.6. The molecule has 4 nitrogen and oxygen atoms in total. The number of hydrogen-bond donors (Lipinski definition) is 0. The Balaban J connectivity index is 2.10. The predicted octanol–water partition coefficient (Wildman–Crippen LogP) is 1.88. The summed E-state index contributed by atoms with van der Waals surface area (Å²) in [5.41, 5.74) is 0.0708. The molecule has 5 heteroatoms. The molecule has 1 saturated carbocycles. The van der Waals surface area contributed by atoms with Crippen LogP contribution in [0.3, 0.4) is 0 Å². The van der Waals surface area contributed by atoms with Gasteiger partial charge >= 0.3 is 0 Å². The van der Waals surface area contributed by atoms with Gasteiger partial charge in [-0.3, -0.25) is 0 Å². The van der Waals surface area contributed by atoms with Crippen LogP contribution in [-0.4, -0.2) is 12.9 Å². The predicted molar refractivity (Wildman–Crippen MR) is 51.6 cm³/mol. The SMILES string of the molecule is O=C=NC1(c2cc(F)c3c(c2)OCO3)CC1. The second kappa shape index (κ2) is 3.06. The number of nitrogens with zero attached hydrogens (tertiary/aromatic N) is 1. The summed E-state index contributed by atoms with van der Waals surface area (Å²) in [5.74, 6) is 0.0365. The van der Waals surface area contributed by atoms with Gasteiger partial charge in [-0.25, -0.2) is 9.18 Å². The summed E-state index contributed by atoms with van der Waals surface area (Å²) in [6.07, 6.45) is 3.01. The number of halogens is 1. The van der Waals surface area contributed by atoms with E-state index in [1.807, 2.05) is 0 Å². The Morgan fingerprint density at radius 3 is 2.88 bits per heavy atom. The zero-order valence-electron chi connectivity index (χ0n) is 8.33. The topological polar surface area (TPSA) is 47.9 Å². The van der Waals surface area contributed by atoms with Gasteiger partial charge in [0.05, 0.1) is 5.54 Å². The van der Waals surface area contributed by atoms with Crippen LogP contribution in [-0.2, 0) is 10.3 Å². The van der Waals surface area contributed by atoms with Crippen LogP contribution in [0.1, 0.15) is 18.4 Å². The van der Waals surface area contributed by atoms with Crippen LogP contribution >= 0.6 is 0 Å². The Kier molecular flexibility index (Phi) is 1.79. The Bertz CT molecular complexity index is 504. The Morgan fingerprint density at radius 1 is 1.38 bits per heavy atom. The average Bonchev–Trinajstić information content (AvgIpc) is 2.89. The third-order valence-corrected chi connectivity index (χ3v) is 2.95. The zero-order valence-corrected chi connectivity index (χ0v) is 8.33. The van der Waals surface area contributed by atoms with Gasteiger partial charge in [-0.15, -0.1) is 0 Å². The van der Waals surface area contributed by atoms with Gasteiger partial charge in [0.2, 0.25) is 18.6 Å². The maximum Gasteiger partial charge on any atom is 0.235 e. The molecule has 0 amide bonds. The molecule has 1 aliphatic heterocycles. The van der Waals surface area contributed by atoms with Gasteiger partial charge in [0, 0.05) is 0 Å². The van der Waals surface area contributed by atoms with E-state index in [0.717, 1.165) is 12.8 Å². The van der Waals surface area contributed by atoms with Crippen molar-refractivity contribution in [3.05, 3.63) is 23.5 Å². The highest BCUT2D eigenvalue weighted by Crippen LogP contribution is 2.51. The van der Waals surface area contributed by atoms with Crippen LogP contribution in [0.2, 0.25) is 0 Å². The van der Waals surface area contributed by atoms with Gasteiger partial charge in [-0.05, 0) is 30.5 Å². The van der Waals surface area contributed by atoms with Gasteiger partial charge in [0.25, 0.3) is 0 Å². The second-order valence-electron chi connectivity index (χ2n) is 3.93. The summed E-state index contributed by atoms with van der Waals surface area (Å²) in [4.78, 5) is 14.0. The molecule has 1 aromatic carbocycles. The lowest BCUT2D eigenvalue weighted by Crippen LogP contribution is -2.02. The normalized spacial score (nSPS) is 19.1. The van der Waals surface area contributed by atoms with Crippen molar-refractivity contribution in [1.29, 1.82) is 0 Å².